The van der Waals surface area contributed by atoms with Crippen molar-refractivity contribution >= 4 is 5.97 Å². The Morgan fingerprint density at radius 2 is 1.88 bits per heavy atom. The van der Waals surface area contributed by atoms with Gasteiger partial charge in [-0.1, -0.05) is 58.0 Å². The molecule has 2 unspecified atom stereocenters. The van der Waals surface area contributed by atoms with Gasteiger partial charge in [0, 0.05) is 6.42 Å². The predicted octanol–water partition coefficient (Wildman–Crippen LogP) is 5.19. The molecule has 25 heavy (non-hydrogen) atoms. The third-order valence-electron chi connectivity index (χ3n) is 6.03. The van der Waals surface area contributed by atoms with E-state index in [9.17, 15) is 9.90 Å². The molecule has 134 valence electrons. The van der Waals surface area contributed by atoms with Gasteiger partial charge in [-0.25, -0.2) is 0 Å². The van der Waals surface area contributed by atoms with Gasteiger partial charge < -0.3 is 9.52 Å². The molecule has 0 saturated heterocycles. The van der Waals surface area contributed by atoms with E-state index < -0.39 is 11.4 Å². The molecular weight excluding hydrogens is 312 g/mol. The molecule has 0 amide bonds. The maximum atomic E-state index is 12.2. The molecule has 1 aliphatic carbocycles. The summed E-state index contributed by atoms with van der Waals surface area (Å²) in [5, 5.41) is 10.00. The number of hydrogen-bond acceptors (Lipinski definition) is 2. The molecule has 1 N–H and O–H groups in total. The summed E-state index contributed by atoms with van der Waals surface area (Å²) in [6, 6.07) is 12.2. The minimum Gasteiger partial charge on any atom is -0.481 e. The summed E-state index contributed by atoms with van der Waals surface area (Å²) in [6.07, 6.45) is 3.97. The molecule has 1 aromatic heterocycles. The number of rotatable bonds is 7. The Kier molecular flexibility index (Phi) is 4.52. The number of carboxylic acid groups (broad SMARTS) is 1. The van der Waals surface area contributed by atoms with E-state index in [1.54, 1.807) is 6.26 Å². The van der Waals surface area contributed by atoms with Crippen molar-refractivity contribution < 1.29 is 14.3 Å². The van der Waals surface area contributed by atoms with E-state index in [-0.39, 0.29) is 11.3 Å². The van der Waals surface area contributed by atoms with Crippen LogP contribution in [-0.2, 0) is 17.6 Å². The highest BCUT2D eigenvalue weighted by Gasteiger charge is 2.74. The van der Waals surface area contributed by atoms with E-state index >= 15 is 0 Å². The lowest BCUT2D eigenvalue weighted by Gasteiger charge is -2.14. The van der Waals surface area contributed by atoms with Crippen LogP contribution in [-0.4, -0.2) is 11.1 Å². The van der Waals surface area contributed by atoms with Crippen LogP contribution in [0.2, 0.25) is 0 Å². The van der Waals surface area contributed by atoms with E-state index in [1.165, 1.54) is 5.56 Å². The summed E-state index contributed by atoms with van der Waals surface area (Å²) in [4.78, 5) is 12.2. The highest BCUT2D eigenvalue weighted by atomic mass is 16.4. The lowest BCUT2D eigenvalue weighted by atomic mass is 9.88. The zero-order valence-electron chi connectivity index (χ0n) is 15.6. The maximum Gasteiger partial charge on any atom is 0.310 e. The van der Waals surface area contributed by atoms with E-state index in [0.717, 1.165) is 24.2 Å². The quantitative estimate of drug-likeness (QED) is 0.755. The molecule has 2 aromatic rings. The maximum absolute atomic E-state index is 12.2. The fourth-order valence-electron chi connectivity index (χ4n) is 4.52. The molecule has 3 nitrogen and oxygen atoms in total. The highest BCUT2D eigenvalue weighted by Crippen LogP contribution is 2.72. The molecule has 1 heterocycles. The first-order valence-electron chi connectivity index (χ1n) is 9.11. The monoisotopic (exact) mass is 340 g/mol. The van der Waals surface area contributed by atoms with Crippen molar-refractivity contribution in [3.63, 3.8) is 0 Å². The van der Waals surface area contributed by atoms with Crippen LogP contribution in [0, 0.1) is 22.7 Å². The second-order valence-corrected chi connectivity index (χ2v) is 8.44. The Morgan fingerprint density at radius 1 is 1.20 bits per heavy atom. The third-order valence-corrected chi connectivity index (χ3v) is 6.03. The Labute approximate surface area is 150 Å². The minimum atomic E-state index is -0.675. The highest BCUT2D eigenvalue weighted by molar-refractivity contribution is 5.81. The van der Waals surface area contributed by atoms with Crippen molar-refractivity contribution in [3.8, 4) is 0 Å². The van der Waals surface area contributed by atoms with Crippen LogP contribution in [0.3, 0.4) is 0 Å². The van der Waals surface area contributed by atoms with Gasteiger partial charge in [-0.3, -0.25) is 4.79 Å². The zero-order valence-corrected chi connectivity index (χ0v) is 15.6. The molecule has 3 rings (SSSR count). The fourth-order valence-corrected chi connectivity index (χ4v) is 4.52. The Bertz CT molecular complexity index is 742. The SMILES string of the molecule is CC(C)CC1C(C)(C)C1(Cc1coc(Cc2ccccc2)c1)C(=O)O. The average Bonchev–Trinajstić information content (AvgIpc) is 2.85. The largest absolute Gasteiger partial charge is 0.481 e. The summed E-state index contributed by atoms with van der Waals surface area (Å²) >= 11 is 0. The molecule has 3 heteroatoms. The predicted molar refractivity (Wildman–Crippen MR) is 98.5 cm³/mol. The lowest BCUT2D eigenvalue weighted by Crippen LogP contribution is -2.24. The van der Waals surface area contributed by atoms with Gasteiger partial charge in [-0.05, 0) is 47.3 Å². The molecular formula is C22H28O3. The molecule has 1 aliphatic rings. The Morgan fingerprint density at radius 3 is 2.48 bits per heavy atom. The van der Waals surface area contributed by atoms with E-state index in [2.05, 4.69) is 39.8 Å². The summed E-state index contributed by atoms with van der Waals surface area (Å²) in [5.74, 6) is 0.933. The first kappa shape index (κ1) is 17.8. The van der Waals surface area contributed by atoms with Crippen molar-refractivity contribution in [1.82, 2.24) is 0 Å². The van der Waals surface area contributed by atoms with Gasteiger partial charge in [-0.15, -0.1) is 0 Å². The average molecular weight is 340 g/mol. The summed E-state index contributed by atoms with van der Waals surface area (Å²) < 4.78 is 5.71. The summed E-state index contributed by atoms with van der Waals surface area (Å²) in [7, 11) is 0. The van der Waals surface area contributed by atoms with Crippen LogP contribution in [0.4, 0.5) is 0 Å². The van der Waals surface area contributed by atoms with Gasteiger partial charge >= 0.3 is 5.97 Å². The molecule has 1 aromatic carbocycles. The van der Waals surface area contributed by atoms with E-state index in [1.807, 2.05) is 24.3 Å². The number of benzene rings is 1. The molecule has 0 aliphatic heterocycles. The van der Waals surface area contributed by atoms with Gasteiger partial charge in [-0.2, -0.15) is 0 Å². The molecule has 2 atom stereocenters. The van der Waals surface area contributed by atoms with Crippen molar-refractivity contribution in [2.75, 3.05) is 0 Å². The smallest absolute Gasteiger partial charge is 0.310 e. The van der Waals surface area contributed by atoms with Crippen LogP contribution in [0.25, 0.3) is 0 Å². The molecule has 1 fully saturated rings. The topological polar surface area (TPSA) is 50.4 Å². The van der Waals surface area contributed by atoms with Crippen LogP contribution in [0.1, 0.15) is 51.0 Å². The van der Waals surface area contributed by atoms with E-state index in [4.69, 9.17) is 4.42 Å². The van der Waals surface area contributed by atoms with Gasteiger partial charge in [0.15, 0.2) is 0 Å². The van der Waals surface area contributed by atoms with Crippen molar-refractivity contribution in [3.05, 3.63) is 59.5 Å². The van der Waals surface area contributed by atoms with Crippen molar-refractivity contribution in [1.29, 1.82) is 0 Å². The first-order valence-corrected chi connectivity index (χ1v) is 9.11. The standard InChI is InChI=1S/C22H28O3/c1-15(2)10-19-21(3,4)22(19,20(23)24)13-17-12-18(25-14-17)11-16-8-6-5-7-9-16/h5-9,12,14-15,19H,10-11,13H2,1-4H3,(H,23,24). The van der Waals surface area contributed by atoms with Crippen LogP contribution >= 0.6 is 0 Å². The number of hydrogen-bond donors (Lipinski definition) is 1. The van der Waals surface area contributed by atoms with Crippen molar-refractivity contribution in [2.24, 2.45) is 22.7 Å². The van der Waals surface area contributed by atoms with E-state index in [0.29, 0.717) is 12.3 Å². The van der Waals surface area contributed by atoms with Gasteiger partial charge in [0.25, 0.3) is 0 Å². The second kappa shape index (κ2) is 6.36. The fraction of sp³-hybridized carbons (Fsp3) is 0.500. The summed E-state index contributed by atoms with van der Waals surface area (Å²) in [6.45, 7) is 8.52. The normalized spacial score (nSPS) is 24.4. The lowest BCUT2D eigenvalue weighted by molar-refractivity contribution is -0.145. The second-order valence-electron chi connectivity index (χ2n) is 8.44. The van der Waals surface area contributed by atoms with Gasteiger partial charge in [0.2, 0.25) is 0 Å². The molecule has 0 radical (unpaired) electrons. The third kappa shape index (κ3) is 3.12. The van der Waals surface area contributed by atoms with Crippen LogP contribution in [0.15, 0.2) is 47.1 Å². The Hall–Kier alpha value is -2.03. The Balaban J connectivity index is 1.77. The van der Waals surface area contributed by atoms with Crippen LogP contribution in [0.5, 0.6) is 0 Å². The number of aliphatic carboxylic acids is 1. The van der Waals surface area contributed by atoms with Gasteiger partial charge in [0.05, 0.1) is 11.7 Å². The first-order chi connectivity index (χ1) is 11.8. The number of carboxylic acids is 1. The molecule has 0 spiro atoms. The number of furan rings is 1. The molecule has 1 saturated carbocycles. The zero-order chi connectivity index (χ0) is 18.2. The van der Waals surface area contributed by atoms with Gasteiger partial charge in [0.1, 0.15) is 5.76 Å². The summed E-state index contributed by atoms with van der Waals surface area (Å²) in [5.41, 5.74) is 1.33. The van der Waals surface area contributed by atoms with Crippen molar-refractivity contribution in [2.45, 2.75) is 47.0 Å². The van der Waals surface area contributed by atoms with Crippen LogP contribution < -0.4 is 0 Å². The molecule has 0 bridgehead atoms. The number of carbonyl (C=O) groups is 1. The minimum absolute atomic E-state index is 0.181.